The van der Waals surface area contributed by atoms with Crippen molar-refractivity contribution in [1.82, 2.24) is 10.2 Å². The lowest BCUT2D eigenvalue weighted by Crippen LogP contribution is -2.91. The fourth-order valence-corrected chi connectivity index (χ4v) is 8.81. The molecule has 4 N–H and O–H groups in total. The van der Waals surface area contributed by atoms with Gasteiger partial charge in [0.25, 0.3) is 0 Å². The SMILES string of the molecule is Cl.Cl.O=C(C[C@H]1N[C@@]23CC[C@]1(O)[C@@H]1Oc4c(O)ccc5c4[C@]12CCN(CC1CC1)[C@@H]3C5)Nc1ccccc1. The molecular weight excluding hydrogens is 525 g/mol. The van der Waals surface area contributed by atoms with E-state index in [1.54, 1.807) is 6.07 Å². The van der Waals surface area contributed by atoms with Crippen molar-refractivity contribution >= 4 is 36.4 Å². The largest absolute Gasteiger partial charge is 0.504 e. The smallest absolute Gasteiger partial charge is 0.226 e. The number of likely N-dealkylation sites (tertiary alicyclic amines) is 1. The third-order valence-corrected chi connectivity index (χ3v) is 10.4. The number of aromatic hydroxyl groups is 1. The lowest BCUT2D eigenvalue weighted by atomic mass is 9.41. The molecule has 5 fully saturated rings. The van der Waals surface area contributed by atoms with Crippen LogP contribution in [-0.2, 0) is 16.6 Å². The van der Waals surface area contributed by atoms with E-state index in [1.165, 1.54) is 18.4 Å². The monoisotopic (exact) mass is 559 g/mol. The van der Waals surface area contributed by atoms with Crippen molar-refractivity contribution in [3.63, 3.8) is 0 Å². The number of phenols is 1. The van der Waals surface area contributed by atoms with Crippen molar-refractivity contribution in [2.24, 2.45) is 5.92 Å². The average Bonchev–Trinajstić information content (AvgIpc) is 3.60. The molecule has 0 aromatic heterocycles. The zero-order chi connectivity index (χ0) is 24.3. The number of carbonyl (C=O) groups excluding carboxylic acids is 1. The number of para-hydroxylation sites is 1. The molecule has 2 aromatic carbocycles. The van der Waals surface area contributed by atoms with Gasteiger partial charge in [-0.25, -0.2) is 0 Å². The molecule has 1 amide bonds. The molecule has 3 aliphatic carbocycles. The van der Waals surface area contributed by atoms with Gasteiger partial charge in [0.05, 0.1) is 5.41 Å². The molecule has 9 heteroatoms. The molecule has 9 rings (SSSR count). The van der Waals surface area contributed by atoms with Crippen LogP contribution in [0.4, 0.5) is 5.69 Å². The Morgan fingerprint density at radius 2 is 1.89 bits per heavy atom. The summed E-state index contributed by atoms with van der Waals surface area (Å²) in [4.78, 5) is 15.9. The zero-order valence-electron chi connectivity index (χ0n) is 21.2. The first-order valence-corrected chi connectivity index (χ1v) is 13.6. The third kappa shape index (κ3) is 3.23. The van der Waals surface area contributed by atoms with E-state index < -0.39 is 23.2 Å². The van der Waals surface area contributed by atoms with Crippen LogP contribution in [0.1, 0.15) is 49.7 Å². The Hall–Kier alpha value is -2.03. The number of nitrogens with zero attached hydrogens (tertiary/aromatic N) is 1. The number of carbonyl (C=O) groups is 1. The molecule has 7 aliphatic rings. The highest BCUT2D eigenvalue weighted by Crippen LogP contribution is 2.69. The highest BCUT2D eigenvalue weighted by Gasteiger charge is 2.80. The Bertz CT molecular complexity index is 1280. The van der Waals surface area contributed by atoms with Gasteiger partial charge in [0.1, 0.15) is 11.7 Å². The molecule has 2 spiro atoms. The van der Waals surface area contributed by atoms with E-state index in [1.807, 2.05) is 30.3 Å². The van der Waals surface area contributed by atoms with Gasteiger partial charge < -0.3 is 25.6 Å². The Morgan fingerprint density at radius 1 is 1.11 bits per heavy atom. The number of anilines is 1. The van der Waals surface area contributed by atoms with E-state index in [0.717, 1.165) is 49.5 Å². The topological polar surface area (TPSA) is 94.1 Å². The average molecular weight is 561 g/mol. The maximum absolute atomic E-state index is 13.2. The van der Waals surface area contributed by atoms with Crippen LogP contribution in [0.15, 0.2) is 42.5 Å². The van der Waals surface area contributed by atoms with Gasteiger partial charge in [-0.05, 0) is 74.8 Å². The number of ether oxygens (including phenoxy) is 1. The van der Waals surface area contributed by atoms with Crippen LogP contribution in [0.3, 0.4) is 0 Å². The van der Waals surface area contributed by atoms with Crippen LogP contribution >= 0.6 is 24.8 Å². The molecule has 6 atom stereocenters. The summed E-state index contributed by atoms with van der Waals surface area (Å²) in [5.41, 5.74) is 1.25. The van der Waals surface area contributed by atoms with Gasteiger partial charge in [0.15, 0.2) is 11.5 Å². The van der Waals surface area contributed by atoms with Crippen LogP contribution in [0, 0.1) is 5.92 Å². The summed E-state index contributed by atoms with van der Waals surface area (Å²) in [6.07, 6.45) is 5.57. The number of halogens is 2. The van der Waals surface area contributed by atoms with Crippen LogP contribution in [0.5, 0.6) is 11.5 Å². The first kappa shape index (κ1) is 26.2. The van der Waals surface area contributed by atoms with Crippen molar-refractivity contribution in [1.29, 1.82) is 0 Å². The summed E-state index contributed by atoms with van der Waals surface area (Å²) in [7, 11) is 0. The maximum Gasteiger partial charge on any atom is 0.226 e. The summed E-state index contributed by atoms with van der Waals surface area (Å²) in [6.45, 7) is 2.10. The first-order valence-electron chi connectivity index (χ1n) is 13.6. The number of hydrogen-bond acceptors (Lipinski definition) is 6. The second-order valence-electron chi connectivity index (χ2n) is 12.1. The van der Waals surface area contributed by atoms with Crippen molar-refractivity contribution in [2.75, 3.05) is 18.4 Å². The molecule has 38 heavy (non-hydrogen) atoms. The molecule has 0 radical (unpaired) electrons. The molecule has 4 bridgehead atoms. The van der Waals surface area contributed by atoms with E-state index in [4.69, 9.17) is 4.74 Å². The Morgan fingerprint density at radius 3 is 2.66 bits per heavy atom. The van der Waals surface area contributed by atoms with E-state index >= 15 is 0 Å². The van der Waals surface area contributed by atoms with Crippen molar-refractivity contribution in [2.45, 2.75) is 79.7 Å². The Kier molecular flexibility index (Phi) is 6.02. The Labute approximate surface area is 235 Å². The van der Waals surface area contributed by atoms with Gasteiger partial charge in [-0.15, -0.1) is 24.8 Å². The number of rotatable bonds is 5. The lowest BCUT2D eigenvalue weighted by molar-refractivity contribution is -0.233. The molecule has 7 nitrogen and oxygen atoms in total. The number of piperidine rings is 3. The molecular formula is C29H35Cl2N3O4. The van der Waals surface area contributed by atoms with Gasteiger partial charge in [0, 0.05) is 41.8 Å². The van der Waals surface area contributed by atoms with Gasteiger partial charge >= 0.3 is 0 Å². The number of hydrogen-bond donors (Lipinski definition) is 4. The number of fused-ring (bicyclic) bond motifs is 2. The highest BCUT2D eigenvalue weighted by molar-refractivity contribution is 5.91. The standard InChI is InChI=1S/C29H33N3O4.2ClH/c33-20-9-8-18-14-22-29-11-10-28(35,21(31-29)15-23(34)30-19-4-2-1-3-5-19)26-27(29,24(18)25(20)36-26)12-13-32(22)16-17-6-7-17;;/h1-5,8-9,17,21-22,26,31,33,35H,6-7,10-16H2,(H,30,34);2*1H/t21-,22-,26-,27-,28-,29-;;/m1../s1. The van der Waals surface area contributed by atoms with Gasteiger partial charge in [-0.3, -0.25) is 9.69 Å². The van der Waals surface area contributed by atoms with Crippen LogP contribution < -0.4 is 15.4 Å². The molecule has 4 heterocycles. The number of benzene rings is 2. The summed E-state index contributed by atoms with van der Waals surface area (Å²) >= 11 is 0. The van der Waals surface area contributed by atoms with Crippen LogP contribution in [-0.4, -0.2) is 63.4 Å². The van der Waals surface area contributed by atoms with Crippen LogP contribution in [0.2, 0.25) is 0 Å². The number of nitrogens with one attached hydrogen (secondary N) is 2. The number of aliphatic hydroxyl groups is 1. The minimum Gasteiger partial charge on any atom is -0.504 e. The van der Waals surface area contributed by atoms with E-state index in [2.05, 4.69) is 21.6 Å². The van der Waals surface area contributed by atoms with Crippen molar-refractivity contribution < 1.29 is 19.7 Å². The molecule has 2 aromatic rings. The predicted molar refractivity (Wildman–Crippen MR) is 149 cm³/mol. The molecule has 3 saturated heterocycles. The normalized spacial score (nSPS) is 37.3. The summed E-state index contributed by atoms with van der Waals surface area (Å²) < 4.78 is 6.61. The fourth-order valence-electron chi connectivity index (χ4n) is 8.81. The fraction of sp³-hybridized carbons (Fsp3) is 0.552. The third-order valence-electron chi connectivity index (χ3n) is 10.4. The second kappa shape index (κ2) is 8.73. The second-order valence-corrected chi connectivity index (χ2v) is 12.1. The highest BCUT2D eigenvalue weighted by atomic mass is 35.5. The minimum atomic E-state index is -1.20. The Balaban J connectivity index is 0.00000132. The van der Waals surface area contributed by atoms with Crippen molar-refractivity contribution in [3.8, 4) is 11.5 Å². The van der Waals surface area contributed by atoms with Gasteiger partial charge in [-0.2, -0.15) is 0 Å². The van der Waals surface area contributed by atoms with Crippen LogP contribution in [0.25, 0.3) is 0 Å². The first-order chi connectivity index (χ1) is 17.4. The maximum atomic E-state index is 13.2. The van der Waals surface area contributed by atoms with Gasteiger partial charge in [0.2, 0.25) is 5.91 Å². The quantitative estimate of drug-likeness (QED) is 0.447. The number of phenolic OH excluding ortho intramolecular Hbond substituents is 1. The van der Waals surface area contributed by atoms with Crippen molar-refractivity contribution in [3.05, 3.63) is 53.6 Å². The molecule has 2 saturated carbocycles. The van der Waals surface area contributed by atoms with E-state index in [9.17, 15) is 15.0 Å². The predicted octanol–water partition coefficient (Wildman–Crippen LogP) is 3.54. The summed E-state index contributed by atoms with van der Waals surface area (Å²) in [5, 5.41) is 30.1. The summed E-state index contributed by atoms with van der Waals surface area (Å²) in [5.74, 6) is 1.40. The molecule has 0 unspecified atom stereocenters. The van der Waals surface area contributed by atoms with E-state index in [-0.39, 0.29) is 54.5 Å². The van der Waals surface area contributed by atoms with E-state index in [0.29, 0.717) is 12.2 Å². The lowest BCUT2D eigenvalue weighted by Gasteiger charge is -2.73. The number of amides is 1. The molecule has 204 valence electrons. The van der Waals surface area contributed by atoms with Gasteiger partial charge in [-0.1, -0.05) is 24.3 Å². The minimum absolute atomic E-state index is 0. The summed E-state index contributed by atoms with van der Waals surface area (Å²) in [6, 6.07) is 13.2. The molecule has 4 aliphatic heterocycles. The zero-order valence-corrected chi connectivity index (χ0v) is 22.8.